The Morgan fingerprint density at radius 2 is 2.10 bits per heavy atom. The third kappa shape index (κ3) is 3.60. The molecule has 2 rings (SSSR count). The van der Waals surface area contributed by atoms with Gasteiger partial charge in [0.05, 0.1) is 19.9 Å². The van der Waals surface area contributed by atoms with Crippen LogP contribution in [0, 0.1) is 0 Å². The van der Waals surface area contributed by atoms with Gasteiger partial charge in [-0.05, 0) is 18.1 Å². The van der Waals surface area contributed by atoms with Crippen molar-refractivity contribution < 1.29 is 18.3 Å². The van der Waals surface area contributed by atoms with Gasteiger partial charge in [0.1, 0.15) is 5.75 Å². The number of sulfonamides is 1. The molecule has 0 unspecified atom stereocenters. The molecule has 0 atom stereocenters. The second kappa shape index (κ2) is 6.70. The van der Waals surface area contributed by atoms with Crippen molar-refractivity contribution >= 4 is 10.0 Å². The maximum atomic E-state index is 12.1. The van der Waals surface area contributed by atoms with Crippen LogP contribution >= 0.6 is 0 Å². The Balaban J connectivity index is 2.03. The quantitative estimate of drug-likeness (QED) is 0.688. The lowest BCUT2D eigenvalue weighted by Gasteiger charge is -2.09. The van der Waals surface area contributed by atoms with Gasteiger partial charge in [-0.1, -0.05) is 18.2 Å². The molecule has 0 amide bonds. The highest BCUT2D eigenvalue weighted by atomic mass is 32.2. The van der Waals surface area contributed by atoms with Crippen molar-refractivity contribution in [2.24, 2.45) is 0 Å². The van der Waals surface area contributed by atoms with Gasteiger partial charge in [0.15, 0.2) is 5.03 Å². The third-order valence-corrected chi connectivity index (χ3v) is 4.47. The van der Waals surface area contributed by atoms with Crippen molar-refractivity contribution in [3.63, 3.8) is 0 Å². The molecule has 1 aromatic carbocycles. The van der Waals surface area contributed by atoms with E-state index >= 15 is 0 Å². The van der Waals surface area contributed by atoms with E-state index in [0.717, 1.165) is 5.56 Å². The zero-order chi connectivity index (χ0) is 15.3. The number of hydrogen-bond donors (Lipinski definition) is 3. The lowest BCUT2D eigenvalue weighted by Crippen LogP contribution is -2.27. The number of aliphatic hydroxyl groups is 1. The third-order valence-electron chi connectivity index (χ3n) is 3.00. The highest BCUT2D eigenvalue weighted by Crippen LogP contribution is 2.17. The number of nitrogens with one attached hydrogen (secondary N) is 2. The maximum absolute atomic E-state index is 12.1. The van der Waals surface area contributed by atoms with Crippen molar-refractivity contribution in [2.75, 3.05) is 13.7 Å². The van der Waals surface area contributed by atoms with Crippen LogP contribution in [0.15, 0.2) is 35.5 Å². The smallest absolute Gasteiger partial charge is 0.257 e. The largest absolute Gasteiger partial charge is 0.496 e. The normalized spacial score (nSPS) is 11.5. The highest BCUT2D eigenvalue weighted by Gasteiger charge is 2.19. The summed E-state index contributed by atoms with van der Waals surface area (Å²) in [4.78, 5) is 0. The predicted octanol–water partition coefficient (Wildman–Crippen LogP) is 0.432. The van der Waals surface area contributed by atoms with Crippen LogP contribution in [-0.4, -0.2) is 37.4 Å². The van der Waals surface area contributed by atoms with Gasteiger partial charge in [0.25, 0.3) is 10.0 Å². The van der Waals surface area contributed by atoms with E-state index in [1.807, 2.05) is 24.3 Å². The van der Waals surface area contributed by atoms with Crippen molar-refractivity contribution in [1.82, 2.24) is 14.9 Å². The topological polar surface area (TPSA) is 104 Å². The van der Waals surface area contributed by atoms with Crippen molar-refractivity contribution in [3.8, 4) is 5.75 Å². The molecule has 21 heavy (non-hydrogen) atoms. The molecular formula is C13H17N3O4S. The summed E-state index contributed by atoms with van der Waals surface area (Å²) in [5.74, 6) is 0.717. The summed E-state index contributed by atoms with van der Waals surface area (Å²) in [6.07, 6.45) is 1.78. The molecule has 8 heteroatoms. The number of aliphatic hydroxyl groups excluding tert-OH is 1. The van der Waals surface area contributed by atoms with Crippen LogP contribution < -0.4 is 9.46 Å². The Labute approximate surface area is 123 Å². The summed E-state index contributed by atoms with van der Waals surface area (Å²) in [6.45, 7) is -0.175. The molecular weight excluding hydrogens is 294 g/mol. The molecule has 0 spiro atoms. The lowest BCUT2D eigenvalue weighted by atomic mass is 10.1. The van der Waals surface area contributed by atoms with Gasteiger partial charge in [-0.15, -0.1) is 0 Å². The summed E-state index contributed by atoms with van der Waals surface area (Å²) in [5, 5.41) is 15.0. The number of aromatic nitrogens is 2. The minimum atomic E-state index is -3.72. The van der Waals surface area contributed by atoms with E-state index in [0.29, 0.717) is 12.2 Å². The summed E-state index contributed by atoms with van der Waals surface area (Å²) in [6, 6.07) is 7.42. The zero-order valence-corrected chi connectivity index (χ0v) is 12.4. The van der Waals surface area contributed by atoms with Gasteiger partial charge in [-0.3, -0.25) is 5.10 Å². The van der Waals surface area contributed by atoms with E-state index in [-0.39, 0.29) is 23.7 Å². The number of para-hydroxylation sites is 1. The molecule has 2 aromatic rings. The minimum absolute atomic E-state index is 0.106. The molecule has 0 aliphatic rings. The molecule has 0 aliphatic heterocycles. The molecule has 0 saturated heterocycles. The molecule has 114 valence electrons. The van der Waals surface area contributed by atoms with Crippen molar-refractivity contribution in [2.45, 2.75) is 18.1 Å². The monoisotopic (exact) mass is 311 g/mol. The van der Waals surface area contributed by atoms with Crippen LogP contribution in [0.4, 0.5) is 0 Å². The fraction of sp³-hybridized carbons (Fsp3) is 0.308. The highest BCUT2D eigenvalue weighted by molar-refractivity contribution is 7.89. The lowest BCUT2D eigenvalue weighted by molar-refractivity contribution is 0.278. The van der Waals surface area contributed by atoms with Crippen molar-refractivity contribution in [1.29, 1.82) is 0 Å². The van der Waals surface area contributed by atoms with Crippen molar-refractivity contribution in [3.05, 3.63) is 41.6 Å². The fourth-order valence-electron chi connectivity index (χ4n) is 1.95. The first-order valence-electron chi connectivity index (χ1n) is 6.33. The molecule has 0 bridgehead atoms. The van der Waals surface area contributed by atoms with E-state index in [2.05, 4.69) is 14.9 Å². The molecule has 7 nitrogen and oxygen atoms in total. The van der Waals surface area contributed by atoms with Crippen LogP contribution in [0.5, 0.6) is 5.75 Å². The predicted molar refractivity (Wildman–Crippen MR) is 76.4 cm³/mol. The van der Waals surface area contributed by atoms with Crippen LogP contribution in [0.25, 0.3) is 0 Å². The van der Waals surface area contributed by atoms with Gasteiger partial charge < -0.3 is 9.84 Å². The average molecular weight is 311 g/mol. The Morgan fingerprint density at radius 1 is 1.33 bits per heavy atom. The van der Waals surface area contributed by atoms with Gasteiger partial charge >= 0.3 is 0 Å². The van der Waals surface area contributed by atoms with Gasteiger partial charge in [-0.25, -0.2) is 13.1 Å². The number of rotatable bonds is 7. The number of ether oxygens (including phenoxy) is 1. The Bertz CT molecular complexity index is 697. The van der Waals surface area contributed by atoms with Crippen LogP contribution in [0.1, 0.15) is 11.1 Å². The molecule has 0 fully saturated rings. The number of H-pyrrole nitrogens is 1. The van der Waals surface area contributed by atoms with Crippen LogP contribution in [-0.2, 0) is 23.1 Å². The Hall–Kier alpha value is -1.90. The average Bonchev–Trinajstić information content (AvgIpc) is 2.97. The van der Waals surface area contributed by atoms with E-state index in [1.165, 1.54) is 6.20 Å². The van der Waals surface area contributed by atoms with Gasteiger partial charge in [0, 0.05) is 12.1 Å². The molecule has 1 aromatic heterocycles. The number of benzene rings is 1. The molecule has 1 heterocycles. The van der Waals surface area contributed by atoms with Crippen LogP contribution in [0.3, 0.4) is 0 Å². The maximum Gasteiger partial charge on any atom is 0.257 e. The summed E-state index contributed by atoms with van der Waals surface area (Å²) < 4.78 is 31.9. The zero-order valence-electron chi connectivity index (χ0n) is 11.5. The molecule has 0 saturated carbocycles. The number of hydrogen-bond acceptors (Lipinski definition) is 5. The van der Waals surface area contributed by atoms with E-state index in [4.69, 9.17) is 9.84 Å². The first kappa shape index (κ1) is 15.5. The standard InChI is InChI=1S/C13H17N3O4S/c1-20-12-5-3-2-4-10(12)6-7-15-21(18,19)13-11(9-17)8-14-16-13/h2-5,8,15,17H,6-7,9H2,1H3,(H,14,16). The first-order chi connectivity index (χ1) is 10.1. The fourth-order valence-corrected chi connectivity index (χ4v) is 3.10. The van der Waals surface area contributed by atoms with Crippen LogP contribution in [0.2, 0.25) is 0 Å². The molecule has 3 N–H and O–H groups in total. The van der Waals surface area contributed by atoms with E-state index in [1.54, 1.807) is 7.11 Å². The summed E-state index contributed by atoms with van der Waals surface area (Å²) in [7, 11) is -2.15. The van der Waals surface area contributed by atoms with E-state index in [9.17, 15) is 8.42 Å². The second-order valence-electron chi connectivity index (χ2n) is 4.34. The molecule has 0 aliphatic carbocycles. The number of nitrogens with zero attached hydrogens (tertiary/aromatic N) is 1. The Morgan fingerprint density at radius 3 is 2.81 bits per heavy atom. The Kier molecular flexibility index (Phi) is 4.94. The number of methoxy groups -OCH3 is 1. The first-order valence-corrected chi connectivity index (χ1v) is 7.81. The second-order valence-corrected chi connectivity index (χ2v) is 6.05. The summed E-state index contributed by atoms with van der Waals surface area (Å²) in [5.41, 5.74) is 1.15. The molecule has 0 radical (unpaired) electrons. The van der Waals surface area contributed by atoms with Gasteiger partial charge in [0.2, 0.25) is 0 Å². The summed E-state index contributed by atoms with van der Waals surface area (Å²) >= 11 is 0. The SMILES string of the molecule is COc1ccccc1CCNS(=O)(=O)c1[nH]ncc1CO. The van der Waals surface area contributed by atoms with E-state index < -0.39 is 10.0 Å². The minimum Gasteiger partial charge on any atom is -0.496 e. The number of aromatic amines is 1. The van der Waals surface area contributed by atoms with Gasteiger partial charge in [-0.2, -0.15) is 5.10 Å².